The van der Waals surface area contributed by atoms with Gasteiger partial charge in [-0.25, -0.2) is 0 Å². The Morgan fingerprint density at radius 2 is 1.19 bits per heavy atom. The third kappa shape index (κ3) is 18.1. The molecule has 0 unspecified atom stereocenters. The van der Waals surface area contributed by atoms with E-state index in [1.807, 2.05) is 71.9 Å². The van der Waals surface area contributed by atoms with Crippen molar-refractivity contribution in [2.24, 2.45) is 29.2 Å². The van der Waals surface area contributed by atoms with Crippen molar-refractivity contribution in [3.63, 3.8) is 0 Å². The quantitative estimate of drug-likeness (QED) is 0.0649. The molecule has 9 atom stereocenters. The zero-order valence-corrected chi connectivity index (χ0v) is 37.5. The van der Waals surface area contributed by atoms with Crippen molar-refractivity contribution < 1.29 is 43.5 Å². The van der Waals surface area contributed by atoms with E-state index >= 15 is 0 Å². The van der Waals surface area contributed by atoms with Crippen LogP contribution in [0.15, 0.2) is 30.3 Å². The average Bonchev–Trinajstić information content (AvgIpc) is 3.19. The topological polar surface area (TPSA) is 305 Å². The van der Waals surface area contributed by atoms with E-state index in [1.165, 1.54) is 13.8 Å². The molecule has 13 N–H and O–H groups in total. The molecule has 1 aliphatic rings. The molecule has 8 amide bonds. The Morgan fingerprint density at radius 3 is 1.74 bits per heavy atom. The summed E-state index contributed by atoms with van der Waals surface area (Å²) in [7, 11) is 0. The van der Waals surface area contributed by atoms with E-state index in [0.717, 1.165) is 5.56 Å². The average molecular weight is 873 g/mol. The minimum Gasteiger partial charge on any atom is -0.394 e. The summed E-state index contributed by atoms with van der Waals surface area (Å²) in [4.78, 5) is 109. The number of rotatable bonds is 21. The van der Waals surface area contributed by atoms with E-state index in [1.54, 1.807) is 0 Å². The molecule has 1 aromatic rings. The predicted octanol–water partition coefficient (Wildman–Crippen LogP) is -1.25. The van der Waals surface area contributed by atoms with Gasteiger partial charge in [-0.2, -0.15) is 0 Å². The summed E-state index contributed by atoms with van der Waals surface area (Å²) >= 11 is 0. The molecule has 2 rings (SSSR count). The van der Waals surface area contributed by atoms with Crippen LogP contribution in [0.3, 0.4) is 0 Å². The maximum absolute atomic E-state index is 13.8. The molecule has 0 spiro atoms. The first kappa shape index (κ1) is 53.0. The highest BCUT2D eigenvalue weighted by Crippen LogP contribution is 2.12. The van der Waals surface area contributed by atoms with Crippen LogP contribution in [0.2, 0.25) is 0 Å². The van der Waals surface area contributed by atoms with Gasteiger partial charge in [0.25, 0.3) is 0 Å². The second kappa shape index (κ2) is 26.4. The Hall–Kier alpha value is -5.14. The first-order valence-corrected chi connectivity index (χ1v) is 21.7. The number of unbranched alkanes of at least 4 members (excludes halogenated alkanes) is 1. The molecule has 1 aliphatic heterocycles. The maximum Gasteiger partial charge on any atom is 0.245 e. The summed E-state index contributed by atoms with van der Waals surface area (Å²) in [6, 6.07) is -1.66. The smallest absolute Gasteiger partial charge is 0.245 e. The molecule has 0 bridgehead atoms. The molecule has 1 heterocycles. The van der Waals surface area contributed by atoms with Gasteiger partial charge in [0, 0.05) is 0 Å². The normalized spacial score (nSPS) is 22.0. The SMILES string of the molecule is CC(C)C[C@@H]1NC(=O)[C@H](C)NC(=O)[C@H](NC(=O)[C@H](CO)NC(=O)[C@@H](CCCCN)NC(=O)[C@@H](CC(C)C)NC(=O)[C@@H](N)Cc2ccccc2)[C@H](C)NC(=O)[C@H](CC(C)C)NC1=O. The van der Waals surface area contributed by atoms with Crippen molar-refractivity contribution in [3.05, 3.63) is 35.9 Å². The van der Waals surface area contributed by atoms with Gasteiger partial charge in [-0.1, -0.05) is 71.9 Å². The Bertz CT molecular complexity index is 1660. The second-order valence-electron chi connectivity index (χ2n) is 17.5. The molecule has 0 aliphatic carbocycles. The molecule has 19 nitrogen and oxygen atoms in total. The van der Waals surface area contributed by atoms with Gasteiger partial charge in [-0.3, -0.25) is 38.4 Å². The molecule has 0 saturated carbocycles. The van der Waals surface area contributed by atoms with E-state index in [9.17, 15) is 43.5 Å². The molecule has 348 valence electrons. The third-order valence-electron chi connectivity index (χ3n) is 10.3. The number of aliphatic hydroxyl groups is 1. The van der Waals surface area contributed by atoms with Crippen molar-refractivity contribution in [2.75, 3.05) is 13.2 Å². The third-order valence-corrected chi connectivity index (χ3v) is 10.3. The molecule has 62 heavy (non-hydrogen) atoms. The fourth-order valence-electron chi connectivity index (χ4n) is 6.87. The van der Waals surface area contributed by atoms with Gasteiger partial charge in [0.15, 0.2) is 0 Å². The highest BCUT2D eigenvalue weighted by atomic mass is 16.3. The Labute approximate surface area is 365 Å². The first-order valence-electron chi connectivity index (χ1n) is 21.7. The minimum absolute atomic E-state index is 0.00892. The Morgan fingerprint density at radius 1 is 0.661 bits per heavy atom. The van der Waals surface area contributed by atoms with Crippen LogP contribution in [0.25, 0.3) is 0 Å². The standard InChI is InChI=1S/C43H72N10O9/c1-23(2)18-31-39(58)46-26(7)35(43(62)47-27(8)36(55)49-32(19-24(3)4)41(60)51-31)53-42(61)34(22-54)52-38(57)30(16-12-13-17-44)48-40(59)33(20-25(5)6)50-37(56)29(45)21-28-14-10-9-11-15-28/h9-11,14-15,23-27,29-35,54H,12-13,16-22,44-45H2,1-8H3,(H,46,58)(H,47,62)(H,48,59)(H,49,55)(H,50,56)(H,51,60)(H,52,57)(H,53,61)/t26-,27-,29-,30+,31-,32-,33+,34-,35+/m0/s1. The van der Waals surface area contributed by atoms with E-state index in [4.69, 9.17) is 11.5 Å². The van der Waals surface area contributed by atoms with E-state index in [-0.39, 0.29) is 49.9 Å². The zero-order chi connectivity index (χ0) is 46.7. The molecule has 1 saturated heterocycles. The highest BCUT2D eigenvalue weighted by Gasteiger charge is 2.37. The number of benzene rings is 1. The fourth-order valence-corrected chi connectivity index (χ4v) is 6.87. The Balaban J connectivity index is 2.34. The van der Waals surface area contributed by atoms with Crippen LogP contribution < -0.4 is 54.0 Å². The molecule has 1 aromatic carbocycles. The summed E-state index contributed by atoms with van der Waals surface area (Å²) in [5.41, 5.74) is 12.7. The summed E-state index contributed by atoms with van der Waals surface area (Å²) in [6.07, 6.45) is 1.92. The Kier molecular flexibility index (Phi) is 22.5. The van der Waals surface area contributed by atoms with Crippen molar-refractivity contribution in [2.45, 2.75) is 155 Å². The summed E-state index contributed by atoms with van der Waals surface area (Å²) in [5, 5.41) is 31.4. The van der Waals surface area contributed by atoms with Crippen molar-refractivity contribution >= 4 is 47.3 Å². The number of aliphatic hydroxyl groups excluding tert-OH is 1. The number of carbonyl (C=O) groups excluding carboxylic acids is 8. The van der Waals surface area contributed by atoms with Gasteiger partial charge in [-0.15, -0.1) is 0 Å². The number of nitrogens with one attached hydrogen (secondary N) is 8. The lowest BCUT2D eigenvalue weighted by Crippen LogP contribution is -2.64. The minimum atomic E-state index is -1.65. The van der Waals surface area contributed by atoms with Crippen molar-refractivity contribution in [1.29, 1.82) is 0 Å². The predicted molar refractivity (Wildman–Crippen MR) is 233 cm³/mol. The van der Waals surface area contributed by atoms with E-state index in [0.29, 0.717) is 19.4 Å². The highest BCUT2D eigenvalue weighted by molar-refractivity contribution is 5.98. The summed E-state index contributed by atoms with van der Waals surface area (Å²) in [6.45, 7) is 13.4. The van der Waals surface area contributed by atoms with Crippen LogP contribution in [-0.2, 0) is 44.8 Å². The van der Waals surface area contributed by atoms with Gasteiger partial charge < -0.3 is 59.1 Å². The van der Waals surface area contributed by atoms with Crippen LogP contribution in [0, 0.1) is 17.8 Å². The molecule has 19 heteroatoms. The second-order valence-corrected chi connectivity index (χ2v) is 17.5. The molecular weight excluding hydrogens is 801 g/mol. The number of hydrogen-bond acceptors (Lipinski definition) is 11. The fraction of sp³-hybridized carbons (Fsp3) is 0.674. The number of hydrogen-bond donors (Lipinski definition) is 11. The zero-order valence-electron chi connectivity index (χ0n) is 37.5. The van der Waals surface area contributed by atoms with Gasteiger partial charge >= 0.3 is 0 Å². The summed E-state index contributed by atoms with van der Waals surface area (Å²) in [5.74, 6) is -5.93. The largest absolute Gasteiger partial charge is 0.394 e. The van der Waals surface area contributed by atoms with Gasteiger partial charge in [0.1, 0.15) is 42.3 Å². The lowest BCUT2D eigenvalue weighted by atomic mass is 9.99. The van der Waals surface area contributed by atoms with Gasteiger partial charge in [0.05, 0.1) is 18.7 Å². The number of nitrogens with two attached hydrogens (primary N) is 2. The number of amides is 8. The lowest BCUT2D eigenvalue weighted by molar-refractivity contribution is -0.136. The van der Waals surface area contributed by atoms with E-state index < -0.39 is 108 Å². The summed E-state index contributed by atoms with van der Waals surface area (Å²) < 4.78 is 0. The van der Waals surface area contributed by atoms with Gasteiger partial charge in [0.2, 0.25) is 47.3 Å². The molecular formula is C43H72N10O9. The number of carbonyl (C=O) groups is 8. The van der Waals surface area contributed by atoms with Crippen LogP contribution in [0.5, 0.6) is 0 Å². The maximum atomic E-state index is 13.8. The van der Waals surface area contributed by atoms with Gasteiger partial charge in [-0.05, 0) is 88.7 Å². The molecule has 0 aromatic heterocycles. The van der Waals surface area contributed by atoms with E-state index in [2.05, 4.69) is 42.5 Å². The van der Waals surface area contributed by atoms with Crippen molar-refractivity contribution in [3.8, 4) is 0 Å². The van der Waals surface area contributed by atoms with Crippen molar-refractivity contribution in [1.82, 2.24) is 42.5 Å². The van der Waals surface area contributed by atoms with Crippen LogP contribution in [0.1, 0.15) is 99.5 Å². The monoisotopic (exact) mass is 873 g/mol. The van der Waals surface area contributed by atoms with Crippen LogP contribution in [-0.4, -0.2) is 120 Å². The van der Waals surface area contributed by atoms with Crippen LogP contribution in [0.4, 0.5) is 0 Å². The molecule has 1 fully saturated rings. The van der Waals surface area contributed by atoms with Crippen LogP contribution >= 0.6 is 0 Å². The first-order chi connectivity index (χ1) is 29.2. The molecule has 0 radical (unpaired) electrons. The lowest BCUT2D eigenvalue weighted by Gasteiger charge is -2.30.